The molecule has 0 amide bonds. The minimum Gasteiger partial charge on any atom is -0.383 e. The zero-order chi connectivity index (χ0) is 23.7. The van der Waals surface area contributed by atoms with E-state index in [1.807, 2.05) is 6.92 Å². The predicted molar refractivity (Wildman–Crippen MR) is 129 cm³/mol. The van der Waals surface area contributed by atoms with E-state index in [-0.39, 0.29) is 23.3 Å². The van der Waals surface area contributed by atoms with E-state index in [2.05, 4.69) is 15.3 Å². The summed E-state index contributed by atoms with van der Waals surface area (Å²) in [5.74, 6) is -0.0415. The van der Waals surface area contributed by atoms with Crippen molar-refractivity contribution in [3.8, 4) is 22.5 Å². The van der Waals surface area contributed by atoms with Crippen molar-refractivity contribution in [1.29, 1.82) is 5.41 Å². The van der Waals surface area contributed by atoms with E-state index in [1.54, 1.807) is 37.3 Å². The fourth-order valence-corrected chi connectivity index (χ4v) is 4.57. The van der Waals surface area contributed by atoms with E-state index in [0.717, 1.165) is 12.1 Å². The standard InChI is InChI=1S/C25H26ClF2N5/c1-13-3-6-20(27)18(9-13)17-5-4-16(10-19(17)26)25-32-22(23(14(2)29)24(30)33-25)11-15-7-8-31-12-21(15)28/h3-6,9-10,15,21,29,31H,7-8,11-12H2,1-2H3,(H2,30,32,33). The van der Waals surface area contributed by atoms with Crippen LogP contribution in [0.15, 0.2) is 36.4 Å². The minimum absolute atomic E-state index is 0.178. The van der Waals surface area contributed by atoms with Crippen molar-refractivity contribution >= 4 is 23.1 Å². The molecule has 0 saturated carbocycles. The van der Waals surface area contributed by atoms with Gasteiger partial charge in [0.25, 0.3) is 0 Å². The van der Waals surface area contributed by atoms with Gasteiger partial charge in [-0.2, -0.15) is 0 Å². The van der Waals surface area contributed by atoms with Crippen LogP contribution in [0, 0.1) is 24.1 Å². The Kier molecular flexibility index (Phi) is 6.72. The lowest BCUT2D eigenvalue weighted by molar-refractivity contribution is 0.178. The normalized spacial score (nSPS) is 18.3. The first kappa shape index (κ1) is 23.3. The average molecular weight is 470 g/mol. The highest BCUT2D eigenvalue weighted by Crippen LogP contribution is 2.34. The van der Waals surface area contributed by atoms with Crippen molar-refractivity contribution in [2.45, 2.75) is 32.9 Å². The number of anilines is 1. The number of nitrogens with one attached hydrogen (secondary N) is 2. The Hall–Kier alpha value is -2.90. The molecule has 172 valence electrons. The van der Waals surface area contributed by atoms with E-state index in [1.165, 1.54) is 6.07 Å². The Labute approximate surface area is 196 Å². The number of hydrogen-bond donors (Lipinski definition) is 3. The van der Waals surface area contributed by atoms with Crippen LogP contribution >= 0.6 is 11.6 Å². The summed E-state index contributed by atoms with van der Waals surface area (Å²) in [7, 11) is 0. The van der Waals surface area contributed by atoms with Gasteiger partial charge in [-0.15, -0.1) is 0 Å². The van der Waals surface area contributed by atoms with Crippen molar-refractivity contribution in [3.05, 3.63) is 64.1 Å². The molecule has 1 saturated heterocycles. The van der Waals surface area contributed by atoms with Gasteiger partial charge in [0.05, 0.1) is 11.3 Å². The number of nitrogens with zero attached hydrogens (tertiary/aromatic N) is 2. The third-order valence-electron chi connectivity index (χ3n) is 6.02. The smallest absolute Gasteiger partial charge is 0.161 e. The van der Waals surface area contributed by atoms with Crippen LogP contribution in [-0.4, -0.2) is 34.9 Å². The number of hydrogen-bond acceptors (Lipinski definition) is 5. The number of piperidine rings is 1. The number of aromatic nitrogens is 2. The molecule has 4 N–H and O–H groups in total. The summed E-state index contributed by atoms with van der Waals surface area (Å²) >= 11 is 6.53. The molecule has 8 heteroatoms. The molecule has 0 spiro atoms. The SMILES string of the molecule is CC(=N)c1c(N)nc(-c2ccc(-c3cc(C)ccc3F)c(Cl)c2)nc1CC1CCNCC1F. The first-order valence-electron chi connectivity index (χ1n) is 10.9. The summed E-state index contributed by atoms with van der Waals surface area (Å²) in [6, 6.07) is 10.0. The number of aryl methyl sites for hydroxylation is 1. The van der Waals surface area contributed by atoms with Gasteiger partial charge in [0.1, 0.15) is 17.8 Å². The van der Waals surface area contributed by atoms with Gasteiger partial charge in [-0.1, -0.05) is 35.4 Å². The summed E-state index contributed by atoms with van der Waals surface area (Å²) in [6.45, 7) is 4.56. The summed E-state index contributed by atoms with van der Waals surface area (Å²) in [6.07, 6.45) is 0.0590. The summed E-state index contributed by atoms with van der Waals surface area (Å²) in [5, 5.41) is 11.5. The molecule has 1 aliphatic rings. The molecule has 0 bridgehead atoms. The topological polar surface area (TPSA) is 87.7 Å². The molecule has 3 aromatic rings. The molecule has 2 aromatic carbocycles. The van der Waals surface area contributed by atoms with Crippen LogP contribution < -0.4 is 11.1 Å². The highest BCUT2D eigenvalue weighted by molar-refractivity contribution is 6.33. The van der Waals surface area contributed by atoms with Crippen LogP contribution in [0.4, 0.5) is 14.6 Å². The lowest BCUT2D eigenvalue weighted by Gasteiger charge is -2.27. The second kappa shape index (κ2) is 9.53. The molecule has 33 heavy (non-hydrogen) atoms. The van der Waals surface area contributed by atoms with E-state index in [0.29, 0.717) is 58.2 Å². The van der Waals surface area contributed by atoms with Gasteiger partial charge in [0.2, 0.25) is 0 Å². The van der Waals surface area contributed by atoms with Gasteiger partial charge in [-0.25, -0.2) is 18.7 Å². The van der Waals surface area contributed by atoms with Crippen LogP contribution in [0.25, 0.3) is 22.5 Å². The Morgan fingerprint density at radius 1 is 1.21 bits per heavy atom. The second-order valence-corrected chi connectivity index (χ2v) is 8.94. The Bertz CT molecular complexity index is 1210. The van der Waals surface area contributed by atoms with Gasteiger partial charge >= 0.3 is 0 Å². The lowest BCUT2D eigenvalue weighted by atomic mass is 9.89. The number of nitrogens with two attached hydrogens (primary N) is 1. The van der Waals surface area contributed by atoms with Crippen molar-refractivity contribution in [1.82, 2.24) is 15.3 Å². The van der Waals surface area contributed by atoms with E-state index >= 15 is 0 Å². The maximum absolute atomic E-state index is 14.5. The Balaban J connectivity index is 1.74. The number of rotatable bonds is 5. The fraction of sp³-hybridized carbons (Fsp3) is 0.320. The number of alkyl halides is 1. The highest BCUT2D eigenvalue weighted by Gasteiger charge is 2.27. The molecule has 1 aliphatic heterocycles. The van der Waals surface area contributed by atoms with Crippen molar-refractivity contribution in [3.63, 3.8) is 0 Å². The van der Waals surface area contributed by atoms with Crippen molar-refractivity contribution in [2.24, 2.45) is 5.92 Å². The third-order valence-corrected chi connectivity index (χ3v) is 6.34. The molecule has 2 atom stereocenters. The molecule has 0 radical (unpaired) electrons. The largest absolute Gasteiger partial charge is 0.383 e. The monoisotopic (exact) mass is 469 g/mol. The van der Waals surface area contributed by atoms with Crippen LogP contribution in [0.5, 0.6) is 0 Å². The van der Waals surface area contributed by atoms with Crippen LogP contribution in [0.2, 0.25) is 5.02 Å². The van der Waals surface area contributed by atoms with Crippen molar-refractivity contribution in [2.75, 3.05) is 18.8 Å². The number of benzene rings is 2. The first-order valence-corrected chi connectivity index (χ1v) is 11.3. The molecular weight excluding hydrogens is 444 g/mol. The summed E-state index contributed by atoms with van der Waals surface area (Å²) in [4.78, 5) is 9.08. The maximum atomic E-state index is 14.5. The van der Waals surface area contributed by atoms with Crippen LogP contribution in [0.3, 0.4) is 0 Å². The molecule has 2 heterocycles. The van der Waals surface area contributed by atoms with E-state index < -0.39 is 6.17 Å². The molecule has 2 unspecified atom stereocenters. The summed E-state index contributed by atoms with van der Waals surface area (Å²) in [5.41, 5.74) is 9.99. The van der Waals surface area contributed by atoms with Crippen LogP contribution in [-0.2, 0) is 6.42 Å². The molecule has 0 aliphatic carbocycles. The molecule has 5 nitrogen and oxygen atoms in total. The van der Waals surface area contributed by atoms with Gasteiger partial charge in [-0.05, 0) is 57.4 Å². The van der Waals surface area contributed by atoms with Gasteiger partial charge in [0, 0.05) is 34.0 Å². The zero-order valence-corrected chi connectivity index (χ0v) is 19.3. The molecule has 1 aromatic heterocycles. The lowest BCUT2D eigenvalue weighted by Crippen LogP contribution is -2.39. The summed E-state index contributed by atoms with van der Waals surface area (Å²) < 4.78 is 28.9. The quantitative estimate of drug-likeness (QED) is 0.438. The fourth-order valence-electron chi connectivity index (χ4n) is 4.28. The molecular formula is C25H26ClF2N5. The third kappa shape index (κ3) is 4.89. The van der Waals surface area contributed by atoms with E-state index in [9.17, 15) is 8.78 Å². The minimum atomic E-state index is -0.991. The maximum Gasteiger partial charge on any atom is 0.161 e. The number of nitrogen functional groups attached to an aromatic ring is 1. The molecule has 1 fully saturated rings. The average Bonchev–Trinajstić information content (AvgIpc) is 2.76. The van der Waals surface area contributed by atoms with Crippen LogP contribution in [0.1, 0.15) is 30.2 Å². The van der Waals surface area contributed by atoms with E-state index in [4.69, 9.17) is 22.7 Å². The first-order chi connectivity index (χ1) is 15.7. The Morgan fingerprint density at radius 2 is 2.00 bits per heavy atom. The van der Waals surface area contributed by atoms with Gasteiger partial charge < -0.3 is 16.5 Å². The Morgan fingerprint density at radius 3 is 2.70 bits per heavy atom. The number of halogens is 3. The second-order valence-electron chi connectivity index (χ2n) is 8.53. The highest BCUT2D eigenvalue weighted by atomic mass is 35.5. The van der Waals surface area contributed by atoms with Gasteiger partial charge in [0.15, 0.2) is 5.82 Å². The zero-order valence-electron chi connectivity index (χ0n) is 18.6. The van der Waals surface area contributed by atoms with Crippen molar-refractivity contribution < 1.29 is 8.78 Å². The van der Waals surface area contributed by atoms with Gasteiger partial charge in [-0.3, -0.25) is 0 Å². The predicted octanol–water partition coefficient (Wildman–Crippen LogP) is 5.37. The molecule has 4 rings (SSSR count).